The molecule has 220 valence electrons. The summed E-state index contributed by atoms with van der Waals surface area (Å²) in [6.45, 7) is 8.95. The average Bonchev–Trinajstić information content (AvgIpc) is 3.32. The van der Waals surface area contributed by atoms with Crippen LogP contribution < -0.4 is 4.90 Å². The van der Waals surface area contributed by atoms with Crippen LogP contribution in [0.2, 0.25) is 0 Å². The summed E-state index contributed by atoms with van der Waals surface area (Å²) in [7, 11) is 0.444. The van der Waals surface area contributed by atoms with Gasteiger partial charge in [0, 0.05) is 41.6 Å². The first-order valence-electron chi connectivity index (χ1n) is 15.1. The Morgan fingerprint density at radius 3 is 2.12 bits per heavy atom. The number of hydrogen-bond donors (Lipinski definition) is 0. The van der Waals surface area contributed by atoms with Gasteiger partial charge in [-0.15, -0.1) is 0 Å². The number of benzene rings is 3. The first-order chi connectivity index (χ1) is 20.5. The highest BCUT2D eigenvalue weighted by Gasteiger charge is 2.43. The lowest BCUT2D eigenvalue weighted by Gasteiger charge is -2.25. The molecule has 3 aromatic rings. The van der Waals surface area contributed by atoms with Gasteiger partial charge in [0.05, 0.1) is 15.2 Å². The summed E-state index contributed by atoms with van der Waals surface area (Å²) >= 11 is 0. The molecule has 3 aliphatic rings. The van der Waals surface area contributed by atoms with Crippen LogP contribution in [0.5, 0.6) is 0 Å². The van der Waals surface area contributed by atoms with Gasteiger partial charge in [0.1, 0.15) is 7.05 Å². The van der Waals surface area contributed by atoms with E-state index in [1.54, 1.807) is 24.3 Å². The molecular formula is C38H41N2O2S+. The molecule has 0 spiro atoms. The fourth-order valence-electron chi connectivity index (χ4n) is 7.25. The Morgan fingerprint density at radius 1 is 0.767 bits per heavy atom. The number of anilines is 1. The standard InChI is InChI=1S/C38H41N2O2S/c1-37(2)30-19-10-12-21-32(30)39(5)34(37)25-23-27-15-14-16-28(36(27)43(41,42)29-17-8-7-9-18-29)24-26-35-38(3,4)31-20-11-13-22-33(31)40(35)6/h7-13,17-26H,14-16H2,1-6H3/q+1. The third kappa shape index (κ3) is 4.75. The summed E-state index contributed by atoms with van der Waals surface area (Å²) in [5.41, 5.74) is 8.62. The Kier molecular flexibility index (Phi) is 7.21. The van der Waals surface area contributed by atoms with E-state index in [4.69, 9.17) is 0 Å². The van der Waals surface area contributed by atoms with Crippen LogP contribution in [0.1, 0.15) is 58.1 Å². The summed E-state index contributed by atoms with van der Waals surface area (Å²) in [6, 6.07) is 25.9. The van der Waals surface area contributed by atoms with E-state index in [1.807, 2.05) is 6.07 Å². The number of sulfone groups is 1. The largest absolute Gasteiger partial charge is 0.347 e. The van der Waals surface area contributed by atoms with Gasteiger partial charge < -0.3 is 4.90 Å². The van der Waals surface area contributed by atoms with Crippen molar-refractivity contribution in [1.82, 2.24) is 0 Å². The van der Waals surface area contributed by atoms with Crippen molar-refractivity contribution in [3.63, 3.8) is 0 Å². The molecule has 0 saturated carbocycles. The van der Waals surface area contributed by atoms with Crippen LogP contribution in [0, 0.1) is 0 Å². The smallest absolute Gasteiger partial charge is 0.209 e. The summed E-state index contributed by atoms with van der Waals surface area (Å²) in [6.07, 6.45) is 10.7. The zero-order valence-corrected chi connectivity index (χ0v) is 26.9. The Morgan fingerprint density at radius 2 is 1.42 bits per heavy atom. The molecule has 43 heavy (non-hydrogen) atoms. The predicted molar refractivity (Wildman–Crippen MR) is 178 cm³/mol. The van der Waals surface area contributed by atoms with Crippen LogP contribution in [0.15, 0.2) is 130 Å². The lowest BCUT2D eigenvalue weighted by Crippen LogP contribution is -2.26. The molecule has 1 aliphatic carbocycles. The molecule has 0 fully saturated rings. The van der Waals surface area contributed by atoms with Crippen molar-refractivity contribution < 1.29 is 13.0 Å². The predicted octanol–water partition coefficient (Wildman–Crippen LogP) is 8.40. The number of allylic oxidation sites excluding steroid dienone is 7. The maximum Gasteiger partial charge on any atom is 0.209 e. The number of likely N-dealkylation sites (N-methyl/N-ethyl adjacent to an activating group) is 1. The monoisotopic (exact) mass is 589 g/mol. The number of nitrogens with zero attached hydrogens (tertiary/aromatic N) is 2. The number of rotatable bonds is 5. The molecule has 0 radical (unpaired) electrons. The Bertz CT molecular complexity index is 1870. The molecule has 2 heterocycles. The summed E-state index contributed by atoms with van der Waals surface area (Å²) in [4.78, 5) is 3.02. The fraction of sp³-hybridized carbons (Fsp3) is 0.289. The SMILES string of the molecule is CN1/C(=C/C=C2\CCCC(/C=C/C3=[N+](C)c4ccccc4C3(C)C)=C2S(=O)(=O)c2ccccc2)C(C)(C)c2ccccc21. The maximum absolute atomic E-state index is 14.4. The third-order valence-corrected chi connectivity index (χ3v) is 11.5. The lowest BCUT2D eigenvalue weighted by molar-refractivity contribution is -0.401. The quantitative estimate of drug-likeness (QED) is 0.281. The first-order valence-corrected chi connectivity index (χ1v) is 16.6. The normalized spacial score (nSPS) is 21.3. The average molecular weight is 590 g/mol. The number of hydrogen-bond acceptors (Lipinski definition) is 3. The minimum Gasteiger partial charge on any atom is -0.347 e. The van der Waals surface area contributed by atoms with Crippen molar-refractivity contribution in [3.8, 4) is 0 Å². The van der Waals surface area contributed by atoms with Gasteiger partial charge in [-0.3, -0.25) is 0 Å². The van der Waals surface area contributed by atoms with Crippen molar-refractivity contribution in [1.29, 1.82) is 0 Å². The van der Waals surface area contributed by atoms with Crippen LogP contribution in [-0.2, 0) is 20.7 Å². The zero-order valence-electron chi connectivity index (χ0n) is 26.1. The number of fused-ring (bicyclic) bond motifs is 2. The van der Waals surface area contributed by atoms with Gasteiger partial charge in [-0.05, 0) is 74.1 Å². The van der Waals surface area contributed by atoms with Crippen LogP contribution in [0.25, 0.3) is 0 Å². The van der Waals surface area contributed by atoms with E-state index < -0.39 is 9.84 Å². The first kappa shape index (κ1) is 29.1. The van der Waals surface area contributed by atoms with Gasteiger partial charge >= 0.3 is 0 Å². The van der Waals surface area contributed by atoms with E-state index >= 15 is 0 Å². The van der Waals surface area contributed by atoms with Gasteiger partial charge in [0.2, 0.25) is 15.5 Å². The molecule has 0 atom stereocenters. The molecule has 3 aromatic carbocycles. The van der Waals surface area contributed by atoms with E-state index in [1.165, 1.54) is 22.5 Å². The molecule has 0 bridgehead atoms. The minimum atomic E-state index is -3.75. The van der Waals surface area contributed by atoms with E-state index in [0.29, 0.717) is 22.6 Å². The molecule has 2 aliphatic heterocycles. The summed E-state index contributed by atoms with van der Waals surface area (Å²) in [5, 5.41) is 0. The molecule has 0 unspecified atom stereocenters. The topological polar surface area (TPSA) is 40.4 Å². The van der Waals surface area contributed by atoms with E-state index in [0.717, 1.165) is 29.0 Å². The van der Waals surface area contributed by atoms with Crippen molar-refractivity contribution >= 4 is 26.9 Å². The molecule has 0 aromatic heterocycles. The fourth-order valence-corrected chi connectivity index (χ4v) is 9.03. The molecular weight excluding hydrogens is 548 g/mol. The van der Waals surface area contributed by atoms with Crippen molar-refractivity contribution in [2.45, 2.75) is 62.7 Å². The lowest BCUT2D eigenvalue weighted by atomic mass is 9.81. The molecule has 0 N–H and O–H groups in total. The second-order valence-corrected chi connectivity index (χ2v) is 14.8. The van der Waals surface area contributed by atoms with E-state index in [9.17, 15) is 8.42 Å². The van der Waals surface area contributed by atoms with Gasteiger partial charge in [-0.2, -0.15) is 4.58 Å². The Hall–Kier alpha value is -3.96. The van der Waals surface area contributed by atoms with E-state index in [-0.39, 0.29) is 10.8 Å². The molecule has 6 rings (SSSR count). The molecule has 0 saturated heterocycles. The van der Waals surface area contributed by atoms with Crippen LogP contribution in [0.3, 0.4) is 0 Å². The van der Waals surface area contributed by atoms with Crippen molar-refractivity contribution in [2.75, 3.05) is 19.0 Å². The van der Waals surface area contributed by atoms with Gasteiger partial charge in [-0.25, -0.2) is 8.42 Å². The molecule has 5 heteroatoms. The number of para-hydroxylation sites is 2. The van der Waals surface area contributed by atoms with Crippen LogP contribution in [0.4, 0.5) is 11.4 Å². The van der Waals surface area contributed by atoms with Crippen molar-refractivity contribution in [2.24, 2.45) is 0 Å². The zero-order chi connectivity index (χ0) is 30.6. The van der Waals surface area contributed by atoms with Crippen LogP contribution >= 0.6 is 0 Å². The van der Waals surface area contributed by atoms with Crippen LogP contribution in [-0.4, -0.2) is 32.8 Å². The van der Waals surface area contributed by atoms with Gasteiger partial charge in [0.15, 0.2) is 5.71 Å². The highest BCUT2D eigenvalue weighted by molar-refractivity contribution is 7.95. The Labute approximate surface area is 257 Å². The Balaban J connectivity index is 1.49. The maximum atomic E-state index is 14.4. The molecule has 4 nitrogen and oxygen atoms in total. The van der Waals surface area contributed by atoms with E-state index in [2.05, 4.69) is 124 Å². The van der Waals surface area contributed by atoms with Gasteiger partial charge in [0.25, 0.3) is 0 Å². The van der Waals surface area contributed by atoms with Gasteiger partial charge in [-0.1, -0.05) is 80.6 Å². The third-order valence-electron chi connectivity index (χ3n) is 9.56. The minimum absolute atomic E-state index is 0.188. The summed E-state index contributed by atoms with van der Waals surface area (Å²) in [5.74, 6) is 0. The van der Waals surface area contributed by atoms with Crippen molar-refractivity contribution in [3.05, 3.63) is 136 Å². The second kappa shape index (κ2) is 10.6. The highest BCUT2D eigenvalue weighted by atomic mass is 32.2. The highest BCUT2D eigenvalue weighted by Crippen LogP contribution is 2.47. The molecule has 0 amide bonds. The second-order valence-electron chi connectivity index (χ2n) is 12.9. The summed E-state index contributed by atoms with van der Waals surface area (Å²) < 4.78 is 31.0.